The highest BCUT2D eigenvalue weighted by molar-refractivity contribution is 5.76. The van der Waals surface area contributed by atoms with Crippen LogP contribution in [-0.4, -0.2) is 25.0 Å². The Labute approximate surface area is 107 Å². The molecule has 1 aliphatic rings. The van der Waals surface area contributed by atoms with Crippen LogP contribution >= 0.6 is 0 Å². The first-order valence-corrected chi connectivity index (χ1v) is 6.24. The molecule has 0 spiro atoms. The van der Waals surface area contributed by atoms with Crippen molar-refractivity contribution >= 4 is 5.91 Å². The normalized spacial score (nSPS) is 20.8. The van der Waals surface area contributed by atoms with Gasteiger partial charge in [0.1, 0.15) is 0 Å². The first kappa shape index (κ1) is 12.6. The van der Waals surface area contributed by atoms with Crippen LogP contribution in [0.3, 0.4) is 0 Å². The molecule has 0 aromatic heterocycles. The first-order valence-electron chi connectivity index (χ1n) is 6.24. The second-order valence-electron chi connectivity index (χ2n) is 4.54. The Kier molecular flexibility index (Phi) is 4.32. The lowest BCUT2D eigenvalue weighted by Crippen LogP contribution is -2.46. The molecule has 1 amide bonds. The van der Waals surface area contributed by atoms with Crippen molar-refractivity contribution in [2.45, 2.75) is 24.8 Å². The molecule has 1 saturated heterocycles. The monoisotopic (exact) mass is 243 g/mol. The summed E-state index contributed by atoms with van der Waals surface area (Å²) in [6, 6.07) is 12.4. The molecule has 18 heavy (non-hydrogen) atoms. The average Bonchev–Trinajstić information content (AvgIpc) is 2.43. The van der Waals surface area contributed by atoms with Crippen molar-refractivity contribution < 1.29 is 4.79 Å². The highest BCUT2D eigenvalue weighted by Gasteiger charge is 2.19. The van der Waals surface area contributed by atoms with Gasteiger partial charge in [0.15, 0.2) is 0 Å². The van der Waals surface area contributed by atoms with Crippen LogP contribution < -0.4 is 10.6 Å². The third kappa shape index (κ3) is 3.31. The predicted octanol–water partition coefficient (Wildman–Crippen LogP) is 1.16. The molecule has 4 nitrogen and oxygen atoms in total. The Morgan fingerprint density at radius 1 is 1.44 bits per heavy atom. The molecular weight excluding hydrogens is 226 g/mol. The number of rotatable bonds is 4. The Balaban J connectivity index is 1.85. The third-order valence-corrected chi connectivity index (χ3v) is 3.23. The maximum atomic E-state index is 11.0. The fourth-order valence-corrected chi connectivity index (χ4v) is 2.11. The van der Waals surface area contributed by atoms with Crippen LogP contribution in [-0.2, 0) is 4.79 Å². The number of carbonyl (C=O) groups excluding carboxylic acids is 1. The molecule has 94 valence electrons. The van der Waals surface area contributed by atoms with E-state index in [2.05, 4.69) is 16.7 Å². The quantitative estimate of drug-likeness (QED) is 0.834. The van der Waals surface area contributed by atoms with Crippen molar-refractivity contribution in [1.82, 2.24) is 10.6 Å². The molecule has 2 rings (SSSR count). The molecular formula is C14H17N3O. The topological polar surface area (TPSA) is 64.9 Å². The number of piperidine rings is 1. The SMILES string of the molecule is N#CC(CNC1CCC(=O)NC1)c1ccccc1. The van der Waals surface area contributed by atoms with Gasteiger partial charge in [-0.3, -0.25) is 4.79 Å². The Hall–Kier alpha value is -1.86. The molecule has 1 aromatic rings. The molecule has 2 N–H and O–H groups in total. The van der Waals surface area contributed by atoms with Gasteiger partial charge in [-0.15, -0.1) is 0 Å². The number of hydrogen-bond donors (Lipinski definition) is 2. The van der Waals surface area contributed by atoms with Crippen LogP contribution in [0.25, 0.3) is 0 Å². The summed E-state index contributed by atoms with van der Waals surface area (Å²) in [4.78, 5) is 11.0. The Morgan fingerprint density at radius 2 is 2.22 bits per heavy atom. The summed E-state index contributed by atoms with van der Waals surface area (Å²) in [6.45, 7) is 1.28. The van der Waals surface area contributed by atoms with E-state index in [1.807, 2.05) is 30.3 Å². The summed E-state index contributed by atoms with van der Waals surface area (Å²) in [7, 11) is 0. The molecule has 0 saturated carbocycles. The van der Waals surface area contributed by atoms with Gasteiger partial charge in [-0.2, -0.15) is 5.26 Å². The van der Waals surface area contributed by atoms with E-state index >= 15 is 0 Å². The maximum Gasteiger partial charge on any atom is 0.220 e. The minimum absolute atomic E-state index is 0.118. The highest BCUT2D eigenvalue weighted by Crippen LogP contribution is 2.14. The zero-order valence-electron chi connectivity index (χ0n) is 10.2. The molecule has 0 aliphatic carbocycles. The van der Waals surface area contributed by atoms with E-state index in [9.17, 15) is 10.1 Å². The van der Waals surface area contributed by atoms with Crippen molar-refractivity contribution in [3.63, 3.8) is 0 Å². The molecule has 2 atom stereocenters. The van der Waals surface area contributed by atoms with Gasteiger partial charge in [0.25, 0.3) is 0 Å². The lowest BCUT2D eigenvalue weighted by atomic mass is 9.99. The predicted molar refractivity (Wildman–Crippen MR) is 68.8 cm³/mol. The summed E-state index contributed by atoms with van der Waals surface area (Å²) in [5, 5.41) is 15.4. The number of nitriles is 1. The molecule has 1 aromatic carbocycles. The van der Waals surface area contributed by atoms with Gasteiger partial charge < -0.3 is 10.6 Å². The van der Waals surface area contributed by atoms with Crippen LogP contribution in [0, 0.1) is 11.3 Å². The van der Waals surface area contributed by atoms with Crippen LogP contribution in [0.4, 0.5) is 0 Å². The third-order valence-electron chi connectivity index (χ3n) is 3.23. The van der Waals surface area contributed by atoms with Crippen molar-refractivity contribution in [3.05, 3.63) is 35.9 Å². The van der Waals surface area contributed by atoms with Crippen molar-refractivity contribution in [2.24, 2.45) is 0 Å². The van der Waals surface area contributed by atoms with Gasteiger partial charge in [-0.25, -0.2) is 0 Å². The summed E-state index contributed by atoms with van der Waals surface area (Å²) in [5.41, 5.74) is 1.03. The highest BCUT2D eigenvalue weighted by atomic mass is 16.1. The van der Waals surface area contributed by atoms with Gasteiger partial charge in [-0.1, -0.05) is 30.3 Å². The van der Waals surface area contributed by atoms with Crippen LogP contribution in [0.1, 0.15) is 24.3 Å². The lowest BCUT2D eigenvalue weighted by Gasteiger charge is -2.24. The van der Waals surface area contributed by atoms with Gasteiger partial charge in [0, 0.05) is 25.6 Å². The minimum atomic E-state index is -0.135. The maximum absolute atomic E-state index is 11.0. The van der Waals surface area contributed by atoms with E-state index in [-0.39, 0.29) is 17.9 Å². The number of benzene rings is 1. The smallest absolute Gasteiger partial charge is 0.220 e. The van der Waals surface area contributed by atoms with E-state index in [0.29, 0.717) is 19.5 Å². The van der Waals surface area contributed by atoms with Crippen molar-refractivity contribution in [1.29, 1.82) is 5.26 Å². The molecule has 1 aliphatic heterocycles. The summed E-state index contributed by atoms with van der Waals surface area (Å²) in [5.74, 6) is -0.0169. The van der Waals surface area contributed by atoms with Crippen LogP contribution in [0.5, 0.6) is 0 Å². The first-order chi connectivity index (χ1) is 8.79. The van der Waals surface area contributed by atoms with E-state index < -0.39 is 0 Å². The van der Waals surface area contributed by atoms with Gasteiger partial charge >= 0.3 is 0 Å². The summed E-state index contributed by atoms with van der Waals surface area (Å²) >= 11 is 0. The zero-order chi connectivity index (χ0) is 12.8. The van der Waals surface area contributed by atoms with Crippen LogP contribution in [0.2, 0.25) is 0 Å². The van der Waals surface area contributed by atoms with Crippen molar-refractivity contribution in [2.75, 3.05) is 13.1 Å². The average molecular weight is 243 g/mol. The zero-order valence-corrected chi connectivity index (χ0v) is 10.2. The number of hydrogen-bond acceptors (Lipinski definition) is 3. The molecule has 0 radical (unpaired) electrons. The van der Waals surface area contributed by atoms with Gasteiger partial charge in [0.2, 0.25) is 5.91 Å². The second-order valence-corrected chi connectivity index (χ2v) is 4.54. The molecule has 2 unspecified atom stereocenters. The van der Waals surface area contributed by atoms with E-state index in [1.54, 1.807) is 0 Å². The Bertz CT molecular complexity index is 428. The molecule has 0 bridgehead atoms. The van der Waals surface area contributed by atoms with Crippen molar-refractivity contribution in [3.8, 4) is 6.07 Å². The second kappa shape index (κ2) is 6.18. The number of nitrogens with zero attached hydrogens (tertiary/aromatic N) is 1. The fraction of sp³-hybridized carbons (Fsp3) is 0.429. The number of amides is 1. The standard InChI is InChI=1S/C14H17N3O/c15-8-12(11-4-2-1-3-5-11)9-16-13-6-7-14(18)17-10-13/h1-5,12-13,16H,6-7,9-10H2,(H,17,18). The minimum Gasteiger partial charge on any atom is -0.355 e. The summed E-state index contributed by atoms with van der Waals surface area (Å²) in [6.07, 6.45) is 1.42. The van der Waals surface area contributed by atoms with E-state index in [0.717, 1.165) is 12.0 Å². The summed E-state index contributed by atoms with van der Waals surface area (Å²) < 4.78 is 0. The molecule has 4 heteroatoms. The molecule has 1 heterocycles. The van der Waals surface area contributed by atoms with E-state index in [1.165, 1.54) is 0 Å². The van der Waals surface area contributed by atoms with E-state index in [4.69, 9.17) is 0 Å². The lowest BCUT2D eigenvalue weighted by molar-refractivity contribution is -0.122. The Morgan fingerprint density at radius 3 is 2.83 bits per heavy atom. The van der Waals surface area contributed by atoms with Gasteiger partial charge in [0.05, 0.1) is 12.0 Å². The fourth-order valence-electron chi connectivity index (χ4n) is 2.11. The molecule has 1 fully saturated rings. The largest absolute Gasteiger partial charge is 0.355 e. The van der Waals surface area contributed by atoms with Gasteiger partial charge in [-0.05, 0) is 12.0 Å². The van der Waals surface area contributed by atoms with Crippen LogP contribution in [0.15, 0.2) is 30.3 Å². The number of carbonyl (C=O) groups is 1. The number of nitrogens with one attached hydrogen (secondary N) is 2.